The molecule has 0 aromatic carbocycles. The second kappa shape index (κ2) is 4.09. The van der Waals surface area contributed by atoms with E-state index < -0.39 is 5.76 Å². The third kappa shape index (κ3) is 2.10. The van der Waals surface area contributed by atoms with Crippen molar-refractivity contribution in [2.24, 2.45) is 0 Å². The Bertz CT molecular complexity index is 264. The van der Waals surface area contributed by atoms with Crippen molar-refractivity contribution in [3.8, 4) is 0 Å². The third-order valence-electron chi connectivity index (χ3n) is 1.19. The molecule has 1 aromatic heterocycles. The Kier molecular flexibility index (Phi) is 3.34. The van der Waals surface area contributed by atoms with Crippen molar-refractivity contribution in [2.45, 2.75) is 24.3 Å². The number of alkyl halides is 2. The second-order valence-corrected chi connectivity index (χ2v) is 3.28. The summed E-state index contributed by atoms with van der Waals surface area (Å²) >= 11 is 5.96. The highest BCUT2D eigenvalue weighted by atomic mass is 35.5. The lowest BCUT2D eigenvalue weighted by Gasteiger charge is -2.02. The van der Waals surface area contributed by atoms with Gasteiger partial charge in [-0.1, -0.05) is 11.6 Å². The summed E-state index contributed by atoms with van der Waals surface area (Å²) in [6, 6.07) is 0. The monoisotopic (exact) mass is 211 g/mol. The number of hydrogen-bond acceptors (Lipinski definition) is 2. The van der Waals surface area contributed by atoms with E-state index in [-0.39, 0.29) is 10.0 Å². The summed E-state index contributed by atoms with van der Waals surface area (Å²) in [7, 11) is 0. The molecule has 0 aliphatic rings. The topological polar surface area (TPSA) is 17.8 Å². The molecular formula is C6H6ClF2N2S. The van der Waals surface area contributed by atoms with Crippen LogP contribution in [0.15, 0.2) is 5.03 Å². The van der Waals surface area contributed by atoms with Gasteiger partial charge in [0.1, 0.15) is 16.2 Å². The SMILES string of the molecule is CCn1n[c]c(Cl)c1SC(F)F. The average molecular weight is 212 g/mol. The highest BCUT2D eigenvalue weighted by molar-refractivity contribution is 7.99. The van der Waals surface area contributed by atoms with Gasteiger partial charge >= 0.3 is 0 Å². The van der Waals surface area contributed by atoms with Crippen molar-refractivity contribution in [2.75, 3.05) is 0 Å². The maximum atomic E-state index is 11.9. The van der Waals surface area contributed by atoms with Crippen LogP contribution in [0.4, 0.5) is 8.78 Å². The third-order valence-corrected chi connectivity index (χ3v) is 2.38. The summed E-state index contributed by atoms with van der Waals surface area (Å²) in [5, 5.41) is 4.12. The van der Waals surface area contributed by atoms with Gasteiger partial charge in [0.25, 0.3) is 5.76 Å². The normalized spacial score (nSPS) is 11.1. The van der Waals surface area contributed by atoms with Gasteiger partial charge in [-0.25, -0.2) is 0 Å². The van der Waals surface area contributed by atoms with E-state index in [0.29, 0.717) is 18.3 Å². The van der Waals surface area contributed by atoms with E-state index >= 15 is 0 Å². The Morgan fingerprint density at radius 2 is 2.42 bits per heavy atom. The molecule has 1 aromatic rings. The Labute approximate surface area is 77.9 Å². The Morgan fingerprint density at radius 3 is 2.92 bits per heavy atom. The van der Waals surface area contributed by atoms with Crippen molar-refractivity contribution in [1.82, 2.24) is 9.78 Å². The van der Waals surface area contributed by atoms with Crippen LogP contribution in [0.1, 0.15) is 6.92 Å². The van der Waals surface area contributed by atoms with Gasteiger partial charge in [-0.2, -0.15) is 13.9 Å². The zero-order valence-electron chi connectivity index (χ0n) is 6.22. The van der Waals surface area contributed by atoms with Crippen molar-refractivity contribution in [3.63, 3.8) is 0 Å². The minimum atomic E-state index is -2.47. The molecule has 0 saturated heterocycles. The molecule has 1 heterocycles. The summed E-state index contributed by atoms with van der Waals surface area (Å²) in [5.41, 5.74) is 0. The van der Waals surface area contributed by atoms with Crippen LogP contribution in [0, 0.1) is 6.20 Å². The number of rotatable bonds is 3. The number of nitrogens with zero attached hydrogens (tertiary/aromatic N) is 2. The minimum Gasteiger partial charge on any atom is -0.257 e. The van der Waals surface area contributed by atoms with Gasteiger partial charge in [0.2, 0.25) is 0 Å². The number of halogens is 3. The lowest BCUT2D eigenvalue weighted by molar-refractivity contribution is 0.251. The van der Waals surface area contributed by atoms with Crippen LogP contribution in [-0.4, -0.2) is 15.5 Å². The van der Waals surface area contributed by atoms with Crippen LogP contribution >= 0.6 is 23.4 Å². The van der Waals surface area contributed by atoms with Gasteiger partial charge in [0.15, 0.2) is 0 Å². The number of aryl methyl sites for hydroxylation is 1. The van der Waals surface area contributed by atoms with Gasteiger partial charge in [-0.3, -0.25) is 4.68 Å². The van der Waals surface area contributed by atoms with Crippen LogP contribution in [0.3, 0.4) is 0 Å². The first kappa shape index (κ1) is 9.80. The fourth-order valence-electron chi connectivity index (χ4n) is 0.722. The largest absolute Gasteiger partial charge is 0.290 e. The van der Waals surface area contributed by atoms with E-state index in [0.717, 1.165) is 0 Å². The molecular weight excluding hydrogens is 206 g/mol. The number of aromatic nitrogens is 2. The molecule has 6 heteroatoms. The highest BCUT2D eigenvalue weighted by Gasteiger charge is 2.14. The van der Waals surface area contributed by atoms with Gasteiger partial charge in [0.05, 0.1) is 0 Å². The molecule has 0 bridgehead atoms. The summed E-state index contributed by atoms with van der Waals surface area (Å²) in [4.78, 5) is 0. The van der Waals surface area contributed by atoms with Gasteiger partial charge in [-0.15, -0.1) is 0 Å². The second-order valence-electron chi connectivity index (χ2n) is 1.93. The van der Waals surface area contributed by atoms with Crippen molar-refractivity contribution in [3.05, 3.63) is 11.2 Å². The Balaban J connectivity index is 2.86. The predicted molar refractivity (Wildman–Crippen MR) is 43.6 cm³/mol. The maximum absolute atomic E-state index is 11.9. The van der Waals surface area contributed by atoms with Crippen LogP contribution in [0.5, 0.6) is 0 Å². The van der Waals surface area contributed by atoms with E-state index in [2.05, 4.69) is 11.3 Å². The first-order valence-corrected chi connectivity index (χ1v) is 4.49. The zero-order chi connectivity index (χ0) is 9.14. The first-order valence-electron chi connectivity index (χ1n) is 3.24. The molecule has 0 N–H and O–H groups in total. The van der Waals surface area contributed by atoms with Gasteiger partial charge in [0, 0.05) is 6.54 Å². The molecule has 2 nitrogen and oxygen atoms in total. The van der Waals surface area contributed by atoms with Crippen LogP contribution < -0.4 is 0 Å². The summed E-state index contributed by atoms with van der Waals surface area (Å²) in [5.74, 6) is -2.47. The van der Waals surface area contributed by atoms with E-state index in [1.807, 2.05) is 0 Å². The molecule has 0 amide bonds. The van der Waals surface area contributed by atoms with Crippen molar-refractivity contribution < 1.29 is 8.78 Å². The van der Waals surface area contributed by atoms with E-state index in [4.69, 9.17) is 11.6 Å². The average Bonchev–Trinajstić information content (AvgIpc) is 2.32. The van der Waals surface area contributed by atoms with Crippen LogP contribution in [-0.2, 0) is 6.54 Å². The lowest BCUT2D eigenvalue weighted by atomic mass is 10.7. The van der Waals surface area contributed by atoms with Gasteiger partial charge < -0.3 is 0 Å². The van der Waals surface area contributed by atoms with Gasteiger partial charge in [-0.05, 0) is 18.7 Å². The molecule has 0 spiro atoms. The standard InChI is InChI=1S/C6H6ClF2N2S/c1-2-11-5(12-6(8)9)4(7)3-10-11/h6H,2H2,1H3. The smallest absolute Gasteiger partial charge is 0.257 e. The Morgan fingerprint density at radius 1 is 1.75 bits per heavy atom. The Hall–Kier alpha value is -0.290. The molecule has 67 valence electrons. The first-order chi connectivity index (χ1) is 5.65. The fourth-order valence-corrected chi connectivity index (χ4v) is 1.60. The summed E-state index contributed by atoms with van der Waals surface area (Å²) in [6.07, 6.45) is 2.42. The molecule has 1 rings (SSSR count). The predicted octanol–water partition coefficient (Wildman–Crippen LogP) is 2.67. The van der Waals surface area contributed by atoms with E-state index in [9.17, 15) is 8.78 Å². The lowest BCUT2D eigenvalue weighted by Crippen LogP contribution is -1.99. The molecule has 0 atom stereocenters. The molecule has 0 aliphatic heterocycles. The fraction of sp³-hybridized carbons (Fsp3) is 0.500. The number of thioether (sulfide) groups is 1. The molecule has 0 aliphatic carbocycles. The number of hydrogen-bond donors (Lipinski definition) is 0. The summed E-state index contributed by atoms with van der Waals surface area (Å²) < 4.78 is 25.3. The highest BCUT2D eigenvalue weighted by Crippen LogP contribution is 2.30. The minimum absolute atomic E-state index is 0.155. The zero-order valence-corrected chi connectivity index (χ0v) is 7.79. The van der Waals surface area contributed by atoms with Crippen LogP contribution in [0.25, 0.3) is 0 Å². The molecule has 0 saturated carbocycles. The van der Waals surface area contributed by atoms with Crippen LogP contribution in [0.2, 0.25) is 5.02 Å². The molecule has 0 fully saturated rings. The van der Waals surface area contributed by atoms with E-state index in [1.54, 1.807) is 6.92 Å². The molecule has 1 radical (unpaired) electrons. The molecule has 0 unspecified atom stereocenters. The van der Waals surface area contributed by atoms with Crippen molar-refractivity contribution in [1.29, 1.82) is 0 Å². The maximum Gasteiger partial charge on any atom is 0.290 e. The van der Waals surface area contributed by atoms with Crippen molar-refractivity contribution >= 4 is 23.4 Å². The van der Waals surface area contributed by atoms with E-state index in [1.165, 1.54) is 4.68 Å². The quantitative estimate of drug-likeness (QED) is 0.716. The summed E-state index contributed by atoms with van der Waals surface area (Å²) in [6.45, 7) is 2.31. The molecule has 12 heavy (non-hydrogen) atoms.